The van der Waals surface area contributed by atoms with Gasteiger partial charge in [0.25, 0.3) is 5.91 Å². The van der Waals surface area contributed by atoms with Crippen LogP contribution < -0.4 is 5.32 Å². The summed E-state index contributed by atoms with van der Waals surface area (Å²) in [6.07, 6.45) is 1.69. The Kier molecular flexibility index (Phi) is 2.70. The Balaban J connectivity index is 2.19. The summed E-state index contributed by atoms with van der Waals surface area (Å²) in [5, 5.41) is 25.0. The summed E-state index contributed by atoms with van der Waals surface area (Å²) in [5.74, 6) is -0.387. The number of carbonyl (C=O) groups excluding carboxylic acids is 1. The lowest BCUT2D eigenvalue weighted by Crippen LogP contribution is -2.12. The third-order valence-electron chi connectivity index (χ3n) is 2.12. The molecule has 0 saturated heterocycles. The number of anilines is 1. The first-order valence-electron chi connectivity index (χ1n) is 4.88. The molecule has 1 heterocycles. The van der Waals surface area contributed by atoms with Gasteiger partial charge in [0.2, 0.25) is 0 Å². The topological polar surface area (TPSA) is 87.4 Å². The number of amides is 1. The van der Waals surface area contributed by atoms with Crippen molar-refractivity contribution >= 4 is 11.7 Å². The zero-order valence-corrected chi connectivity index (χ0v) is 9.08. The van der Waals surface area contributed by atoms with E-state index in [4.69, 9.17) is 0 Å². The zero-order valence-electron chi connectivity index (χ0n) is 9.08. The minimum absolute atomic E-state index is 0.160. The van der Waals surface area contributed by atoms with Gasteiger partial charge in [0.1, 0.15) is 11.5 Å². The number of phenolic OH excluding ortho intramolecular Hbond substituents is 2. The van der Waals surface area contributed by atoms with Crippen LogP contribution in [0.1, 0.15) is 10.4 Å². The van der Waals surface area contributed by atoms with Crippen LogP contribution >= 0.6 is 0 Å². The maximum absolute atomic E-state index is 11.7. The predicted molar refractivity (Wildman–Crippen MR) is 60.9 cm³/mol. The van der Waals surface area contributed by atoms with Crippen LogP contribution in [-0.4, -0.2) is 25.9 Å². The fourth-order valence-corrected chi connectivity index (χ4v) is 1.40. The van der Waals surface area contributed by atoms with Gasteiger partial charge in [0.05, 0.1) is 0 Å². The molecule has 3 N–H and O–H groups in total. The van der Waals surface area contributed by atoms with E-state index in [1.54, 1.807) is 24.0 Å². The molecule has 0 saturated carbocycles. The van der Waals surface area contributed by atoms with Gasteiger partial charge in [-0.2, -0.15) is 5.10 Å². The molecular weight excluding hydrogens is 222 g/mol. The van der Waals surface area contributed by atoms with Crippen molar-refractivity contribution in [2.75, 3.05) is 5.32 Å². The quantitative estimate of drug-likeness (QED) is 0.724. The number of aromatic hydroxyl groups is 2. The van der Waals surface area contributed by atoms with Crippen LogP contribution in [0.25, 0.3) is 0 Å². The Labute approximate surface area is 97.1 Å². The van der Waals surface area contributed by atoms with E-state index >= 15 is 0 Å². The standard InChI is InChI=1S/C11H11N3O3/c1-14-3-2-10(13-14)12-11(17)7-4-8(15)6-9(16)5-7/h2-6,15-16H,1H3,(H,12,13,17). The van der Waals surface area contributed by atoms with Gasteiger partial charge >= 0.3 is 0 Å². The fourth-order valence-electron chi connectivity index (χ4n) is 1.40. The van der Waals surface area contributed by atoms with Gasteiger partial charge in [-0.25, -0.2) is 0 Å². The molecule has 17 heavy (non-hydrogen) atoms. The van der Waals surface area contributed by atoms with Crippen LogP contribution in [0.2, 0.25) is 0 Å². The molecule has 88 valence electrons. The van der Waals surface area contributed by atoms with Gasteiger partial charge in [-0.15, -0.1) is 0 Å². The molecule has 2 aromatic rings. The average Bonchev–Trinajstić information content (AvgIpc) is 2.62. The molecule has 0 aliphatic heterocycles. The molecule has 1 aromatic heterocycles. The van der Waals surface area contributed by atoms with Gasteiger partial charge in [-0.1, -0.05) is 0 Å². The molecule has 2 rings (SSSR count). The number of hydrogen-bond acceptors (Lipinski definition) is 4. The lowest BCUT2D eigenvalue weighted by molar-refractivity contribution is 0.102. The lowest BCUT2D eigenvalue weighted by Gasteiger charge is -2.03. The highest BCUT2D eigenvalue weighted by Gasteiger charge is 2.09. The Morgan fingerprint density at radius 3 is 2.47 bits per heavy atom. The number of rotatable bonds is 2. The van der Waals surface area contributed by atoms with E-state index in [0.29, 0.717) is 5.82 Å². The molecule has 0 bridgehead atoms. The Hall–Kier alpha value is -2.50. The van der Waals surface area contributed by atoms with Crippen LogP contribution in [0, 0.1) is 0 Å². The van der Waals surface area contributed by atoms with E-state index in [1.807, 2.05) is 0 Å². The highest BCUT2D eigenvalue weighted by atomic mass is 16.3. The smallest absolute Gasteiger partial charge is 0.257 e. The van der Waals surface area contributed by atoms with Crippen molar-refractivity contribution < 1.29 is 15.0 Å². The number of aromatic nitrogens is 2. The van der Waals surface area contributed by atoms with Crippen LogP contribution in [0.5, 0.6) is 11.5 Å². The zero-order chi connectivity index (χ0) is 12.4. The van der Waals surface area contributed by atoms with Crippen molar-refractivity contribution in [3.63, 3.8) is 0 Å². The molecule has 0 aliphatic rings. The summed E-state index contributed by atoms with van der Waals surface area (Å²) in [6, 6.07) is 5.31. The summed E-state index contributed by atoms with van der Waals surface area (Å²) < 4.78 is 1.55. The van der Waals surface area contributed by atoms with E-state index in [9.17, 15) is 15.0 Å². The summed E-state index contributed by atoms with van der Waals surface area (Å²) in [5.41, 5.74) is 0.160. The van der Waals surface area contributed by atoms with Crippen molar-refractivity contribution in [1.29, 1.82) is 0 Å². The largest absolute Gasteiger partial charge is 0.508 e. The maximum Gasteiger partial charge on any atom is 0.257 e. The summed E-state index contributed by atoms with van der Waals surface area (Å²) in [6.45, 7) is 0. The van der Waals surface area contributed by atoms with Gasteiger partial charge in [-0.05, 0) is 12.1 Å². The first-order valence-corrected chi connectivity index (χ1v) is 4.88. The first-order chi connectivity index (χ1) is 8.04. The second kappa shape index (κ2) is 4.17. The second-order valence-electron chi connectivity index (χ2n) is 3.57. The van der Waals surface area contributed by atoms with Crippen molar-refractivity contribution in [3.05, 3.63) is 36.0 Å². The van der Waals surface area contributed by atoms with E-state index < -0.39 is 5.91 Å². The molecule has 6 nitrogen and oxygen atoms in total. The number of aryl methyl sites for hydroxylation is 1. The lowest BCUT2D eigenvalue weighted by atomic mass is 10.2. The predicted octanol–water partition coefficient (Wildman–Crippen LogP) is 1.08. The van der Waals surface area contributed by atoms with Gasteiger partial charge in [0, 0.05) is 30.9 Å². The minimum Gasteiger partial charge on any atom is -0.508 e. The molecule has 0 spiro atoms. The summed E-state index contributed by atoms with van der Waals surface area (Å²) in [7, 11) is 1.73. The molecular formula is C11H11N3O3. The van der Waals surface area contributed by atoms with E-state index in [-0.39, 0.29) is 17.1 Å². The third-order valence-corrected chi connectivity index (χ3v) is 2.12. The molecule has 0 radical (unpaired) electrons. The van der Waals surface area contributed by atoms with Crippen LogP contribution in [0.3, 0.4) is 0 Å². The van der Waals surface area contributed by atoms with Crippen LogP contribution in [0.4, 0.5) is 5.82 Å². The molecule has 0 atom stereocenters. The number of carbonyl (C=O) groups is 1. The van der Waals surface area contributed by atoms with Gasteiger partial charge < -0.3 is 15.5 Å². The molecule has 0 fully saturated rings. The fraction of sp³-hybridized carbons (Fsp3) is 0.0909. The van der Waals surface area contributed by atoms with Crippen molar-refractivity contribution in [3.8, 4) is 11.5 Å². The normalized spacial score (nSPS) is 10.2. The molecule has 0 aliphatic carbocycles. The molecule has 6 heteroatoms. The van der Waals surface area contributed by atoms with E-state index in [2.05, 4.69) is 10.4 Å². The summed E-state index contributed by atoms with van der Waals surface area (Å²) in [4.78, 5) is 11.7. The number of hydrogen-bond donors (Lipinski definition) is 3. The third kappa shape index (κ3) is 2.54. The molecule has 1 amide bonds. The maximum atomic E-state index is 11.7. The average molecular weight is 233 g/mol. The Morgan fingerprint density at radius 2 is 1.94 bits per heavy atom. The van der Waals surface area contributed by atoms with Gasteiger partial charge in [-0.3, -0.25) is 9.48 Å². The van der Waals surface area contributed by atoms with Crippen molar-refractivity contribution in [2.45, 2.75) is 0 Å². The first kappa shape index (κ1) is 11.0. The van der Waals surface area contributed by atoms with E-state index in [1.165, 1.54) is 12.1 Å². The van der Waals surface area contributed by atoms with Crippen LogP contribution in [0.15, 0.2) is 30.5 Å². The van der Waals surface area contributed by atoms with Gasteiger partial charge in [0.15, 0.2) is 5.82 Å². The molecule has 1 aromatic carbocycles. The Bertz CT molecular complexity index is 543. The SMILES string of the molecule is Cn1ccc(NC(=O)c2cc(O)cc(O)c2)n1. The number of nitrogens with zero attached hydrogens (tertiary/aromatic N) is 2. The summed E-state index contributed by atoms with van der Waals surface area (Å²) >= 11 is 0. The minimum atomic E-state index is -0.449. The number of benzene rings is 1. The van der Waals surface area contributed by atoms with Crippen molar-refractivity contribution in [1.82, 2.24) is 9.78 Å². The number of nitrogens with one attached hydrogen (secondary N) is 1. The monoisotopic (exact) mass is 233 g/mol. The van der Waals surface area contributed by atoms with Crippen LogP contribution in [-0.2, 0) is 7.05 Å². The number of phenols is 2. The Morgan fingerprint density at radius 1 is 1.29 bits per heavy atom. The van der Waals surface area contributed by atoms with Crippen molar-refractivity contribution in [2.24, 2.45) is 7.05 Å². The highest BCUT2D eigenvalue weighted by molar-refractivity contribution is 6.04. The second-order valence-corrected chi connectivity index (χ2v) is 3.57. The highest BCUT2D eigenvalue weighted by Crippen LogP contribution is 2.20. The van der Waals surface area contributed by atoms with E-state index in [0.717, 1.165) is 6.07 Å². The molecule has 0 unspecified atom stereocenters.